The summed E-state index contributed by atoms with van der Waals surface area (Å²) in [7, 11) is 7.74. The molecule has 0 aromatic rings. The van der Waals surface area contributed by atoms with Gasteiger partial charge in [0.25, 0.3) is 0 Å². The molecule has 0 aliphatic heterocycles. The molecule has 0 spiro atoms. The lowest BCUT2D eigenvalue weighted by molar-refractivity contribution is -0.00304. The molecule has 0 aliphatic rings. The molecule has 4 nitrogen and oxygen atoms in total. The number of hydrogen-bond donors (Lipinski definition) is 0. The summed E-state index contributed by atoms with van der Waals surface area (Å²) in [5.41, 5.74) is -0.239. The molecular formula is C9H21N3O. The van der Waals surface area contributed by atoms with E-state index in [4.69, 9.17) is 4.84 Å². The van der Waals surface area contributed by atoms with E-state index in [1.54, 1.807) is 0 Å². The van der Waals surface area contributed by atoms with Crippen LogP contribution in [0.5, 0.6) is 0 Å². The third-order valence-corrected chi connectivity index (χ3v) is 1.20. The first-order valence-electron chi connectivity index (χ1n) is 4.35. The Morgan fingerprint density at radius 2 is 1.38 bits per heavy atom. The lowest BCUT2D eigenvalue weighted by Crippen LogP contribution is -2.36. The van der Waals surface area contributed by atoms with E-state index in [2.05, 4.69) is 5.16 Å². The lowest BCUT2D eigenvalue weighted by Gasteiger charge is -2.24. The van der Waals surface area contributed by atoms with Crippen LogP contribution in [0.4, 0.5) is 0 Å². The normalized spacial score (nSPS) is 10.7. The van der Waals surface area contributed by atoms with Crippen LogP contribution in [0.1, 0.15) is 20.8 Å². The van der Waals surface area contributed by atoms with Crippen molar-refractivity contribution in [3.05, 3.63) is 0 Å². The number of oxime groups is 1. The predicted molar refractivity (Wildman–Crippen MR) is 55.6 cm³/mol. The minimum absolute atomic E-state index is 0.239. The molecule has 0 fully saturated rings. The Morgan fingerprint density at radius 3 is 1.62 bits per heavy atom. The molecule has 4 heteroatoms. The molecule has 0 aromatic carbocycles. The maximum Gasteiger partial charge on any atom is 0.237 e. The average Bonchev–Trinajstić information content (AvgIpc) is 1.82. The maximum atomic E-state index is 5.32. The van der Waals surface area contributed by atoms with Gasteiger partial charge in [-0.3, -0.25) is 0 Å². The fraction of sp³-hybridized carbons (Fsp3) is 0.889. The van der Waals surface area contributed by atoms with Crippen LogP contribution in [0.2, 0.25) is 0 Å². The smallest absolute Gasteiger partial charge is 0.237 e. The number of rotatable bonds is 1. The minimum atomic E-state index is -0.239. The fourth-order valence-corrected chi connectivity index (χ4v) is 0.741. The Morgan fingerprint density at radius 1 is 1.00 bits per heavy atom. The van der Waals surface area contributed by atoms with Crippen LogP contribution in [0.15, 0.2) is 5.16 Å². The molecule has 0 unspecified atom stereocenters. The maximum absolute atomic E-state index is 5.32. The largest absolute Gasteiger partial charge is 0.387 e. The van der Waals surface area contributed by atoms with E-state index in [-0.39, 0.29) is 5.60 Å². The molecule has 78 valence electrons. The molecular weight excluding hydrogens is 166 g/mol. The van der Waals surface area contributed by atoms with Crippen molar-refractivity contribution < 1.29 is 4.84 Å². The molecule has 0 saturated heterocycles. The standard InChI is InChI=1S/C9H21N3O/c1-9(2,3)13-10-8(11(4)5)12(6)7/h1-7H3. The quantitative estimate of drug-likeness (QED) is 0.351. The van der Waals surface area contributed by atoms with Crippen LogP contribution in [-0.2, 0) is 4.84 Å². The van der Waals surface area contributed by atoms with Gasteiger partial charge in [0.15, 0.2) is 0 Å². The molecule has 0 rings (SSSR count). The second kappa shape index (κ2) is 4.35. The highest BCUT2D eigenvalue weighted by atomic mass is 16.6. The van der Waals surface area contributed by atoms with Gasteiger partial charge in [0, 0.05) is 28.2 Å². The predicted octanol–water partition coefficient (Wildman–Crippen LogP) is 1.20. The third-order valence-electron chi connectivity index (χ3n) is 1.20. The van der Waals surface area contributed by atoms with Crippen molar-refractivity contribution in [2.24, 2.45) is 5.16 Å². The van der Waals surface area contributed by atoms with E-state index < -0.39 is 0 Å². The molecule has 0 bridgehead atoms. The summed E-state index contributed by atoms with van der Waals surface area (Å²) in [4.78, 5) is 9.14. The monoisotopic (exact) mass is 187 g/mol. The molecule has 0 amide bonds. The van der Waals surface area contributed by atoms with E-state index in [1.807, 2.05) is 58.8 Å². The summed E-state index contributed by atoms with van der Waals surface area (Å²) in [6.45, 7) is 5.92. The molecule has 13 heavy (non-hydrogen) atoms. The van der Waals surface area contributed by atoms with Gasteiger partial charge in [-0.05, 0) is 25.9 Å². The average molecular weight is 187 g/mol. The molecule has 0 radical (unpaired) electrons. The molecule has 0 saturated carbocycles. The van der Waals surface area contributed by atoms with Gasteiger partial charge in [-0.15, -0.1) is 0 Å². The zero-order valence-electron chi connectivity index (χ0n) is 9.75. The van der Waals surface area contributed by atoms with Gasteiger partial charge >= 0.3 is 0 Å². The van der Waals surface area contributed by atoms with Crippen LogP contribution < -0.4 is 0 Å². The third kappa shape index (κ3) is 5.33. The zero-order valence-corrected chi connectivity index (χ0v) is 9.75. The number of guanidine groups is 1. The first kappa shape index (κ1) is 12.1. The van der Waals surface area contributed by atoms with E-state index in [1.165, 1.54) is 0 Å². The van der Waals surface area contributed by atoms with Gasteiger partial charge in [-0.25, -0.2) is 0 Å². The Kier molecular flexibility index (Phi) is 4.04. The van der Waals surface area contributed by atoms with Gasteiger partial charge in [-0.1, -0.05) is 0 Å². The second-order valence-electron chi connectivity index (χ2n) is 4.38. The highest BCUT2D eigenvalue weighted by Crippen LogP contribution is 2.07. The Hall–Kier alpha value is -0.930. The Bertz CT molecular complexity index is 170. The highest BCUT2D eigenvalue weighted by molar-refractivity contribution is 5.78. The van der Waals surface area contributed by atoms with Crippen LogP contribution in [-0.4, -0.2) is 49.6 Å². The molecule has 0 N–H and O–H groups in total. The van der Waals surface area contributed by atoms with Crippen molar-refractivity contribution in [3.63, 3.8) is 0 Å². The van der Waals surface area contributed by atoms with Crippen LogP contribution in [0.25, 0.3) is 0 Å². The molecule has 0 aliphatic carbocycles. The van der Waals surface area contributed by atoms with E-state index >= 15 is 0 Å². The summed E-state index contributed by atoms with van der Waals surface area (Å²) in [5, 5.41) is 4.06. The van der Waals surface area contributed by atoms with Crippen molar-refractivity contribution >= 4 is 5.96 Å². The molecule has 0 atom stereocenters. The van der Waals surface area contributed by atoms with Crippen LogP contribution in [0.3, 0.4) is 0 Å². The summed E-state index contributed by atoms with van der Waals surface area (Å²) < 4.78 is 0. The van der Waals surface area contributed by atoms with Crippen molar-refractivity contribution in [2.45, 2.75) is 26.4 Å². The van der Waals surface area contributed by atoms with Crippen molar-refractivity contribution in [1.82, 2.24) is 9.80 Å². The van der Waals surface area contributed by atoms with Crippen molar-refractivity contribution in [3.8, 4) is 0 Å². The number of hydrogen-bond acceptors (Lipinski definition) is 2. The van der Waals surface area contributed by atoms with Crippen LogP contribution in [0, 0.1) is 0 Å². The summed E-state index contributed by atoms with van der Waals surface area (Å²) in [6.07, 6.45) is 0. The van der Waals surface area contributed by atoms with E-state index in [0.717, 1.165) is 5.96 Å². The zero-order chi connectivity index (χ0) is 10.6. The van der Waals surface area contributed by atoms with Gasteiger partial charge in [-0.2, -0.15) is 0 Å². The summed E-state index contributed by atoms with van der Waals surface area (Å²) >= 11 is 0. The Balaban J connectivity index is 4.38. The van der Waals surface area contributed by atoms with Gasteiger partial charge in [0.05, 0.1) is 0 Å². The lowest BCUT2D eigenvalue weighted by atomic mass is 10.2. The van der Waals surface area contributed by atoms with Crippen molar-refractivity contribution in [1.29, 1.82) is 0 Å². The fourth-order valence-electron chi connectivity index (χ4n) is 0.741. The molecule has 0 aromatic heterocycles. The highest BCUT2D eigenvalue weighted by Gasteiger charge is 2.12. The SMILES string of the molecule is CN(C)C(=NOC(C)(C)C)N(C)C. The van der Waals surface area contributed by atoms with E-state index in [9.17, 15) is 0 Å². The van der Waals surface area contributed by atoms with Gasteiger partial charge < -0.3 is 14.6 Å². The Labute approximate surface area is 81.1 Å². The second-order valence-corrected chi connectivity index (χ2v) is 4.38. The first-order valence-corrected chi connectivity index (χ1v) is 4.35. The van der Waals surface area contributed by atoms with Crippen LogP contribution >= 0.6 is 0 Å². The van der Waals surface area contributed by atoms with Crippen molar-refractivity contribution in [2.75, 3.05) is 28.2 Å². The topological polar surface area (TPSA) is 28.1 Å². The summed E-state index contributed by atoms with van der Waals surface area (Å²) in [6, 6.07) is 0. The molecule has 0 heterocycles. The first-order chi connectivity index (χ1) is 5.74. The minimum Gasteiger partial charge on any atom is -0.387 e. The van der Waals surface area contributed by atoms with E-state index in [0.29, 0.717) is 0 Å². The van der Waals surface area contributed by atoms with Gasteiger partial charge in [0.1, 0.15) is 5.60 Å². The summed E-state index contributed by atoms with van der Waals surface area (Å²) in [5.74, 6) is 0.801. The van der Waals surface area contributed by atoms with Gasteiger partial charge in [0.2, 0.25) is 5.96 Å². The number of nitrogens with zero attached hydrogens (tertiary/aromatic N) is 3.